The molecule has 0 aliphatic carbocycles. The molecule has 13 nitrogen and oxygen atoms in total. The van der Waals surface area contributed by atoms with Gasteiger partial charge in [-0.15, -0.1) is 0 Å². The van der Waals surface area contributed by atoms with Crippen LogP contribution in [0.3, 0.4) is 0 Å². The Balaban J connectivity index is 1.61. The summed E-state index contributed by atoms with van der Waals surface area (Å²) in [6.07, 6.45) is -2.51. The summed E-state index contributed by atoms with van der Waals surface area (Å²) in [6.45, 7) is 12.9. The minimum Gasteiger partial charge on any atom is -0.462 e. The van der Waals surface area contributed by atoms with Crippen LogP contribution in [0.1, 0.15) is 87.0 Å². The highest BCUT2D eigenvalue weighted by atomic mass is 16.7. The first-order chi connectivity index (χ1) is 23.5. The quantitative estimate of drug-likeness (QED) is 0.191. The van der Waals surface area contributed by atoms with Crippen LogP contribution in [0.4, 0.5) is 0 Å². The van der Waals surface area contributed by atoms with Gasteiger partial charge in [0, 0.05) is 30.6 Å². The maximum Gasteiger partial charge on any atom is 0.308 e. The van der Waals surface area contributed by atoms with Gasteiger partial charge in [-0.1, -0.05) is 27.7 Å². The summed E-state index contributed by atoms with van der Waals surface area (Å²) in [5, 5.41) is 33.4. The van der Waals surface area contributed by atoms with E-state index in [2.05, 4.69) is 0 Å². The molecule has 0 aromatic heterocycles. The molecular weight excluding hydrogens is 650 g/mol. The number of ether oxygens (including phenoxy) is 6. The van der Waals surface area contributed by atoms with Crippen LogP contribution in [0, 0.1) is 23.7 Å². The lowest BCUT2D eigenvalue weighted by Gasteiger charge is -2.49. The molecule has 0 aromatic rings. The summed E-state index contributed by atoms with van der Waals surface area (Å²) in [5.74, 6) is -2.66. The van der Waals surface area contributed by atoms with Crippen molar-refractivity contribution in [1.29, 1.82) is 0 Å². The zero-order valence-electron chi connectivity index (χ0n) is 31.2. The van der Waals surface area contributed by atoms with E-state index in [1.165, 1.54) is 6.08 Å². The fourth-order valence-corrected chi connectivity index (χ4v) is 7.96. The summed E-state index contributed by atoms with van der Waals surface area (Å²) in [4.78, 5) is 40.5. The Hall–Kier alpha value is -1.81. The van der Waals surface area contributed by atoms with E-state index in [9.17, 15) is 29.7 Å². The minimum absolute atomic E-state index is 0.0100. The number of allylic oxidation sites excluding steroid dienone is 1. The van der Waals surface area contributed by atoms with Crippen LogP contribution < -0.4 is 0 Å². The van der Waals surface area contributed by atoms with Crippen LogP contribution in [0.15, 0.2) is 12.2 Å². The van der Waals surface area contributed by atoms with Gasteiger partial charge in [-0.25, -0.2) is 0 Å². The molecule has 0 aromatic carbocycles. The van der Waals surface area contributed by atoms with Gasteiger partial charge in [-0.2, -0.15) is 0 Å². The molecule has 0 bridgehead atoms. The molecule has 0 amide bonds. The van der Waals surface area contributed by atoms with Gasteiger partial charge in [0.1, 0.15) is 30.2 Å². The van der Waals surface area contributed by atoms with E-state index in [0.717, 1.165) is 6.29 Å². The highest BCUT2D eigenvalue weighted by Crippen LogP contribution is 2.45. The van der Waals surface area contributed by atoms with Crippen molar-refractivity contribution in [2.24, 2.45) is 23.7 Å². The van der Waals surface area contributed by atoms with Gasteiger partial charge < -0.3 is 53.4 Å². The summed E-state index contributed by atoms with van der Waals surface area (Å²) in [5.41, 5.74) is -0.675. The first-order valence-corrected chi connectivity index (χ1v) is 18.4. The molecule has 3 fully saturated rings. The molecule has 0 radical (unpaired) electrons. The molecule has 13 heteroatoms. The lowest BCUT2D eigenvalue weighted by atomic mass is 9.79. The van der Waals surface area contributed by atoms with Crippen LogP contribution >= 0.6 is 0 Å². The third kappa shape index (κ3) is 9.59. The van der Waals surface area contributed by atoms with E-state index in [4.69, 9.17) is 28.4 Å². The normalized spacial score (nSPS) is 46.7. The summed E-state index contributed by atoms with van der Waals surface area (Å²) in [6, 6.07) is -0.603. The third-order valence-electron chi connectivity index (χ3n) is 11.3. The minimum atomic E-state index is -1.23. The Kier molecular flexibility index (Phi) is 14.2. The number of likely N-dealkylation sites (N-methyl/N-ethyl adjacent to an activating group) is 1. The molecule has 0 saturated carbocycles. The van der Waals surface area contributed by atoms with Gasteiger partial charge in [-0.05, 0) is 72.2 Å². The van der Waals surface area contributed by atoms with Crippen molar-refractivity contribution in [3.8, 4) is 0 Å². The van der Waals surface area contributed by atoms with E-state index in [-0.39, 0.29) is 37.1 Å². The number of aldehydes is 1. The zero-order valence-corrected chi connectivity index (χ0v) is 31.2. The maximum absolute atomic E-state index is 13.4. The average molecular weight is 712 g/mol. The largest absolute Gasteiger partial charge is 0.462 e. The molecule has 17 unspecified atom stereocenters. The number of carbonyl (C=O) groups excluding carboxylic acids is 3. The number of aliphatic hydroxyl groups excluding tert-OH is 3. The second-order valence-electron chi connectivity index (χ2n) is 15.5. The number of cyclic esters (lactones) is 1. The lowest BCUT2D eigenvalue weighted by Crippen LogP contribution is -2.64. The molecule has 17 atom stereocenters. The molecule has 50 heavy (non-hydrogen) atoms. The number of fused-ring (bicyclic) bond motifs is 1. The summed E-state index contributed by atoms with van der Waals surface area (Å²) >= 11 is 0. The second kappa shape index (κ2) is 17.3. The van der Waals surface area contributed by atoms with Crippen molar-refractivity contribution in [1.82, 2.24) is 4.90 Å². The number of ketones is 1. The molecule has 3 N–H and O–H groups in total. The Bertz CT molecular complexity index is 1180. The molecule has 3 saturated heterocycles. The monoisotopic (exact) mass is 711 g/mol. The number of epoxide rings is 1. The third-order valence-corrected chi connectivity index (χ3v) is 11.3. The predicted molar refractivity (Wildman–Crippen MR) is 182 cm³/mol. The van der Waals surface area contributed by atoms with E-state index >= 15 is 0 Å². The number of hydrogen-bond donors (Lipinski definition) is 3. The second-order valence-corrected chi connectivity index (χ2v) is 15.5. The number of rotatable bonds is 8. The van der Waals surface area contributed by atoms with Crippen molar-refractivity contribution >= 4 is 18.0 Å². The molecule has 286 valence electrons. The van der Waals surface area contributed by atoms with Crippen LogP contribution in [-0.2, 0) is 42.8 Å². The fraction of sp³-hybridized carbons (Fsp3) is 0.865. The van der Waals surface area contributed by atoms with Crippen LogP contribution in [-0.4, -0.2) is 132 Å². The number of hydrogen-bond acceptors (Lipinski definition) is 13. The van der Waals surface area contributed by atoms with Crippen LogP contribution in [0.25, 0.3) is 0 Å². The first-order valence-electron chi connectivity index (χ1n) is 18.4. The molecular formula is C37H61NO12. The predicted octanol–water partition coefficient (Wildman–Crippen LogP) is 2.55. The molecule has 4 heterocycles. The Morgan fingerprint density at radius 3 is 2.28 bits per heavy atom. The van der Waals surface area contributed by atoms with Crippen LogP contribution in [0.5, 0.6) is 0 Å². The van der Waals surface area contributed by atoms with Gasteiger partial charge in [0.15, 0.2) is 18.4 Å². The van der Waals surface area contributed by atoms with E-state index in [1.54, 1.807) is 26.8 Å². The number of aliphatic hydroxyl groups is 3. The SMILES string of the molecule is CCC1OC(=O)CC(O)C(C)C(OC2OC(C)C(OC3CCC(O)C(C)O3)C(N(C)C)C2O)C(CC=O)CC(C)C(=O)C=CC2(C)OC2C1C. The van der Waals surface area contributed by atoms with Crippen molar-refractivity contribution in [2.75, 3.05) is 14.1 Å². The summed E-state index contributed by atoms with van der Waals surface area (Å²) in [7, 11) is 3.63. The molecule has 0 spiro atoms. The highest BCUT2D eigenvalue weighted by Gasteiger charge is 2.55. The zero-order chi connectivity index (χ0) is 37.1. The topological polar surface area (TPSA) is 174 Å². The number of carbonyl (C=O) groups is 3. The molecule has 4 rings (SSSR count). The van der Waals surface area contributed by atoms with E-state index in [1.807, 2.05) is 46.7 Å². The fourth-order valence-electron chi connectivity index (χ4n) is 7.96. The van der Waals surface area contributed by atoms with Gasteiger partial charge in [0.25, 0.3) is 0 Å². The Morgan fingerprint density at radius 2 is 1.66 bits per heavy atom. The van der Waals surface area contributed by atoms with Gasteiger partial charge in [-0.3, -0.25) is 9.59 Å². The van der Waals surface area contributed by atoms with Crippen molar-refractivity contribution in [2.45, 2.75) is 166 Å². The molecule has 4 aliphatic rings. The number of esters is 1. The van der Waals surface area contributed by atoms with Crippen molar-refractivity contribution < 1.29 is 58.1 Å². The van der Waals surface area contributed by atoms with Gasteiger partial charge in [0.05, 0.1) is 49.1 Å². The number of nitrogens with zero attached hydrogens (tertiary/aromatic N) is 1. The van der Waals surface area contributed by atoms with Gasteiger partial charge >= 0.3 is 5.97 Å². The first kappa shape index (κ1) is 41.0. The Morgan fingerprint density at radius 1 is 0.960 bits per heavy atom. The van der Waals surface area contributed by atoms with Crippen molar-refractivity contribution in [3.63, 3.8) is 0 Å². The standard InChI is InChI=1S/C37H61NO12/c1-10-28-21(4)35-37(7,50-35)15-13-25(40)19(2)17-24(14-16-39)33(20(3)27(42)18-29(43)47-28)49-36-32(44)31(38(8)9)34(23(6)46-36)48-30-12-11-26(41)22(5)45-30/h13,15-16,19-24,26-28,30-36,41-42,44H,10-12,14,17-18H2,1-9H3. The van der Waals surface area contributed by atoms with E-state index in [0.29, 0.717) is 19.3 Å². The lowest BCUT2D eigenvalue weighted by molar-refractivity contribution is -0.332. The maximum atomic E-state index is 13.4. The van der Waals surface area contributed by atoms with Gasteiger partial charge in [0.2, 0.25) is 0 Å². The summed E-state index contributed by atoms with van der Waals surface area (Å²) < 4.78 is 37.0. The average Bonchev–Trinajstić information content (AvgIpc) is 3.74. The highest BCUT2D eigenvalue weighted by molar-refractivity contribution is 5.91. The van der Waals surface area contributed by atoms with Crippen molar-refractivity contribution in [3.05, 3.63) is 12.2 Å². The smallest absolute Gasteiger partial charge is 0.308 e. The molecule has 4 aliphatic heterocycles. The Labute approximate surface area is 296 Å². The van der Waals surface area contributed by atoms with E-state index < -0.39 is 96.8 Å². The van der Waals surface area contributed by atoms with Crippen LogP contribution in [0.2, 0.25) is 0 Å².